The number of alkyl halides is 2. The van der Waals surface area contributed by atoms with Crippen molar-refractivity contribution in [3.8, 4) is 0 Å². The van der Waals surface area contributed by atoms with Crippen LogP contribution in [0.5, 0.6) is 0 Å². The normalized spacial score (nSPS) is 18.2. The van der Waals surface area contributed by atoms with Gasteiger partial charge in [-0.3, -0.25) is 4.99 Å². The molecule has 0 spiro atoms. The molecule has 3 nitrogen and oxygen atoms in total. The van der Waals surface area contributed by atoms with Crippen LogP contribution in [0.2, 0.25) is 0 Å². The molecule has 1 fully saturated rings. The highest BCUT2D eigenvalue weighted by Gasteiger charge is 2.34. The van der Waals surface area contributed by atoms with Crippen molar-refractivity contribution >= 4 is 29.9 Å². The lowest BCUT2D eigenvalue weighted by molar-refractivity contribution is 0.152. The molecule has 1 rings (SSSR count). The van der Waals surface area contributed by atoms with Crippen LogP contribution in [0.25, 0.3) is 0 Å². The molecule has 0 aliphatic heterocycles. The van der Waals surface area contributed by atoms with Gasteiger partial charge in [0.05, 0.1) is 6.54 Å². The molecular weight excluding hydrogens is 375 g/mol. The number of nitrogens with zero attached hydrogens (tertiary/aromatic N) is 1. The number of rotatable bonds is 6. The Hall–Kier alpha value is -0.140. The summed E-state index contributed by atoms with van der Waals surface area (Å²) in [6.07, 6.45) is 3.84. The summed E-state index contributed by atoms with van der Waals surface area (Å²) < 4.78 is 24.3. The largest absolute Gasteiger partial charge is 0.356 e. The van der Waals surface area contributed by atoms with Gasteiger partial charge in [-0.05, 0) is 30.6 Å². The minimum Gasteiger partial charge on any atom is -0.356 e. The molecule has 0 aromatic rings. The molecule has 0 radical (unpaired) electrons. The van der Waals surface area contributed by atoms with E-state index < -0.39 is 6.43 Å². The van der Waals surface area contributed by atoms with E-state index in [1.165, 1.54) is 32.1 Å². The molecule has 1 aliphatic rings. The first-order valence-electron chi connectivity index (χ1n) is 7.20. The van der Waals surface area contributed by atoms with Gasteiger partial charge in [0.1, 0.15) is 0 Å². The molecule has 0 heterocycles. The second-order valence-corrected chi connectivity index (χ2v) is 6.00. The molecule has 0 unspecified atom stereocenters. The van der Waals surface area contributed by atoms with Crippen molar-refractivity contribution in [1.82, 2.24) is 10.6 Å². The van der Waals surface area contributed by atoms with Crippen LogP contribution in [-0.2, 0) is 0 Å². The average molecular weight is 403 g/mol. The van der Waals surface area contributed by atoms with Crippen LogP contribution in [0.1, 0.15) is 46.0 Å². The summed E-state index contributed by atoms with van der Waals surface area (Å²) in [5.41, 5.74) is 0.316. The third-order valence-corrected chi connectivity index (χ3v) is 3.78. The van der Waals surface area contributed by atoms with Crippen LogP contribution in [0, 0.1) is 11.3 Å². The van der Waals surface area contributed by atoms with Crippen molar-refractivity contribution in [2.75, 3.05) is 20.1 Å². The van der Waals surface area contributed by atoms with Gasteiger partial charge in [-0.1, -0.05) is 26.7 Å². The summed E-state index contributed by atoms with van der Waals surface area (Å²) in [7, 11) is 1.62. The van der Waals surface area contributed by atoms with Gasteiger partial charge >= 0.3 is 0 Å². The van der Waals surface area contributed by atoms with E-state index in [2.05, 4.69) is 29.5 Å². The second-order valence-electron chi connectivity index (χ2n) is 6.00. The molecule has 0 amide bonds. The molecule has 0 aromatic carbocycles. The van der Waals surface area contributed by atoms with E-state index in [1.807, 2.05) is 0 Å². The topological polar surface area (TPSA) is 36.4 Å². The fourth-order valence-electron chi connectivity index (χ4n) is 3.11. The second kappa shape index (κ2) is 9.73. The van der Waals surface area contributed by atoms with Crippen LogP contribution < -0.4 is 10.6 Å². The van der Waals surface area contributed by atoms with E-state index in [1.54, 1.807) is 7.05 Å². The van der Waals surface area contributed by atoms with Crippen LogP contribution >= 0.6 is 24.0 Å². The minimum atomic E-state index is -2.35. The summed E-state index contributed by atoms with van der Waals surface area (Å²) in [4.78, 5) is 3.99. The Morgan fingerprint density at radius 3 is 2.25 bits per heavy atom. The first-order chi connectivity index (χ1) is 8.97. The highest BCUT2D eigenvalue weighted by atomic mass is 127. The first kappa shape index (κ1) is 19.9. The number of hydrogen-bond donors (Lipinski definition) is 2. The van der Waals surface area contributed by atoms with Crippen molar-refractivity contribution in [2.45, 2.75) is 52.4 Å². The minimum absolute atomic E-state index is 0. The zero-order chi connectivity index (χ0) is 14.3. The number of hydrogen-bond acceptors (Lipinski definition) is 1. The Bertz CT molecular complexity index is 290. The molecule has 0 atom stereocenters. The molecule has 2 N–H and O–H groups in total. The van der Waals surface area contributed by atoms with Crippen molar-refractivity contribution < 1.29 is 8.78 Å². The maximum Gasteiger partial charge on any atom is 0.255 e. The molecule has 1 aliphatic carbocycles. The highest BCUT2D eigenvalue weighted by Crippen LogP contribution is 2.42. The number of aliphatic imine (C=N–C) groups is 1. The van der Waals surface area contributed by atoms with E-state index in [0.717, 1.165) is 6.54 Å². The molecule has 0 aromatic heterocycles. The summed E-state index contributed by atoms with van der Waals surface area (Å²) in [6, 6.07) is 0. The van der Waals surface area contributed by atoms with E-state index >= 15 is 0 Å². The van der Waals surface area contributed by atoms with Gasteiger partial charge in [-0.2, -0.15) is 0 Å². The average Bonchev–Trinajstić information content (AvgIpc) is 2.77. The van der Waals surface area contributed by atoms with Gasteiger partial charge in [0.2, 0.25) is 0 Å². The smallest absolute Gasteiger partial charge is 0.255 e. The quantitative estimate of drug-likeness (QED) is 0.404. The number of nitrogens with one attached hydrogen (secondary N) is 2. The fourth-order valence-corrected chi connectivity index (χ4v) is 3.11. The lowest BCUT2D eigenvalue weighted by atomic mass is 9.78. The predicted octanol–water partition coefficient (Wildman–Crippen LogP) is 3.64. The summed E-state index contributed by atoms with van der Waals surface area (Å²) in [5.74, 6) is 1.14. The standard InChI is InChI=1S/C14H27F2N3.HI/c1-11(2)8-14(6-4-5-7-14)10-19-13(17-3)18-9-12(15)16;/h11-12H,4-10H2,1-3H3,(H2,17,18,19);1H. The van der Waals surface area contributed by atoms with Gasteiger partial charge < -0.3 is 10.6 Å². The van der Waals surface area contributed by atoms with Crippen molar-refractivity contribution in [3.05, 3.63) is 0 Å². The Morgan fingerprint density at radius 1 is 1.20 bits per heavy atom. The van der Waals surface area contributed by atoms with E-state index in [-0.39, 0.29) is 30.5 Å². The van der Waals surface area contributed by atoms with Crippen molar-refractivity contribution in [3.63, 3.8) is 0 Å². The Morgan fingerprint density at radius 2 is 1.80 bits per heavy atom. The number of guanidine groups is 1. The predicted molar refractivity (Wildman–Crippen MR) is 91.1 cm³/mol. The van der Waals surface area contributed by atoms with Crippen molar-refractivity contribution in [1.29, 1.82) is 0 Å². The summed E-state index contributed by atoms with van der Waals surface area (Å²) in [5, 5.41) is 5.87. The Labute approximate surface area is 138 Å². The fraction of sp³-hybridized carbons (Fsp3) is 0.929. The molecule has 0 bridgehead atoms. The van der Waals surface area contributed by atoms with Crippen LogP contribution in [0.4, 0.5) is 8.78 Å². The maximum absolute atomic E-state index is 12.2. The van der Waals surface area contributed by atoms with Gasteiger partial charge in [-0.15, -0.1) is 24.0 Å². The molecule has 0 saturated heterocycles. The van der Waals surface area contributed by atoms with Gasteiger partial charge in [0.25, 0.3) is 6.43 Å². The SMILES string of the molecule is CN=C(NCC(F)F)NCC1(CC(C)C)CCCC1.I. The summed E-state index contributed by atoms with van der Waals surface area (Å²) >= 11 is 0. The lowest BCUT2D eigenvalue weighted by Gasteiger charge is -2.31. The van der Waals surface area contributed by atoms with E-state index in [4.69, 9.17) is 0 Å². The van der Waals surface area contributed by atoms with Crippen molar-refractivity contribution in [2.24, 2.45) is 16.3 Å². The van der Waals surface area contributed by atoms with Gasteiger partial charge in [0.15, 0.2) is 5.96 Å². The third-order valence-electron chi connectivity index (χ3n) is 3.78. The van der Waals surface area contributed by atoms with Crippen LogP contribution in [0.3, 0.4) is 0 Å². The molecule has 120 valence electrons. The van der Waals surface area contributed by atoms with Gasteiger partial charge in [-0.25, -0.2) is 8.78 Å². The lowest BCUT2D eigenvalue weighted by Crippen LogP contribution is -2.44. The maximum atomic E-state index is 12.2. The third kappa shape index (κ3) is 7.04. The molecule has 1 saturated carbocycles. The zero-order valence-electron chi connectivity index (χ0n) is 12.7. The Kier molecular flexibility index (Phi) is 9.67. The first-order valence-corrected chi connectivity index (χ1v) is 7.20. The van der Waals surface area contributed by atoms with E-state index in [9.17, 15) is 8.78 Å². The monoisotopic (exact) mass is 403 g/mol. The zero-order valence-corrected chi connectivity index (χ0v) is 15.0. The van der Waals surface area contributed by atoms with Crippen LogP contribution in [0.15, 0.2) is 4.99 Å². The van der Waals surface area contributed by atoms with E-state index in [0.29, 0.717) is 17.3 Å². The van der Waals surface area contributed by atoms with Gasteiger partial charge in [0, 0.05) is 13.6 Å². The summed E-state index contributed by atoms with van der Waals surface area (Å²) in [6.45, 7) is 4.96. The highest BCUT2D eigenvalue weighted by molar-refractivity contribution is 14.0. The van der Waals surface area contributed by atoms with Crippen LogP contribution in [-0.4, -0.2) is 32.5 Å². The molecule has 6 heteroatoms. The molecule has 20 heavy (non-hydrogen) atoms. The molecular formula is C14H28F2IN3. The Balaban J connectivity index is 0.00000361. The number of halogens is 3.